The molecule has 1 amide bonds. The molecule has 25 heavy (non-hydrogen) atoms. The maximum atomic E-state index is 14.3. The second-order valence-electron chi connectivity index (χ2n) is 6.78. The van der Waals surface area contributed by atoms with Crippen molar-refractivity contribution in [3.63, 3.8) is 0 Å². The lowest BCUT2D eigenvalue weighted by Crippen LogP contribution is -2.40. The van der Waals surface area contributed by atoms with Crippen LogP contribution in [0.1, 0.15) is 36.8 Å². The van der Waals surface area contributed by atoms with Crippen molar-refractivity contribution in [1.29, 1.82) is 0 Å². The van der Waals surface area contributed by atoms with Gasteiger partial charge >= 0.3 is 0 Å². The number of nitrogen functional groups attached to an aromatic ring is 1. The van der Waals surface area contributed by atoms with Gasteiger partial charge < -0.3 is 11.1 Å². The molecule has 0 atom stereocenters. The fourth-order valence-corrected chi connectivity index (χ4v) is 3.72. The Morgan fingerprint density at radius 3 is 2.24 bits per heavy atom. The van der Waals surface area contributed by atoms with E-state index < -0.39 is 17.0 Å². The van der Waals surface area contributed by atoms with Gasteiger partial charge in [0, 0.05) is 23.2 Å². The van der Waals surface area contributed by atoms with Crippen LogP contribution in [0.4, 0.5) is 14.5 Å². The van der Waals surface area contributed by atoms with Gasteiger partial charge in [-0.15, -0.1) is 0 Å². The van der Waals surface area contributed by atoms with Gasteiger partial charge in [-0.2, -0.15) is 0 Å². The van der Waals surface area contributed by atoms with Gasteiger partial charge in [0.1, 0.15) is 11.6 Å². The molecular weight excluding hydrogens is 322 g/mol. The van der Waals surface area contributed by atoms with E-state index in [0.29, 0.717) is 18.5 Å². The minimum atomic E-state index is -0.661. The van der Waals surface area contributed by atoms with Crippen LogP contribution in [0, 0.1) is 11.6 Å². The van der Waals surface area contributed by atoms with Gasteiger partial charge in [0.2, 0.25) is 5.91 Å². The standard InChI is InChI=1S/C20H22F2N2O/c21-16-4-3-5-17(22)19(16)20(10-1-2-11-20)13-24-18(25)12-14-6-8-15(23)9-7-14/h3-9H,1-2,10-13,23H2,(H,24,25). The number of nitrogens with one attached hydrogen (secondary N) is 1. The van der Waals surface area contributed by atoms with E-state index >= 15 is 0 Å². The lowest BCUT2D eigenvalue weighted by atomic mass is 9.78. The number of amides is 1. The number of nitrogens with two attached hydrogens (primary N) is 1. The summed E-state index contributed by atoms with van der Waals surface area (Å²) in [5, 5.41) is 2.88. The molecule has 2 aromatic rings. The number of hydrogen-bond acceptors (Lipinski definition) is 2. The monoisotopic (exact) mass is 344 g/mol. The molecule has 0 aliphatic heterocycles. The van der Waals surface area contributed by atoms with Crippen molar-refractivity contribution in [2.75, 3.05) is 12.3 Å². The van der Waals surface area contributed by atoms with E-state index in [4.69, 9.17) is 5.73 Å². The number of rotatable bonds is 5. The molecule has 5 heteroatoms. The van der Waals surface area contributed by atoms with Crippen LogP contribution in [0.5, 0.6) is 0 Å². The third-order valence-electron chi connectivity index (χ3n) is 5.02. The van der Waals surface area contributed by atoms with E-state index in [9.17, 15) is 13.6 Å². The molecule has 0 heterocycles. The number of hydrogen-bond donors (Lipinski definition) is 2. The van der Waals surface area contributed by atoms with E-state index in [1.54, 1.807) is 24.3 Å². The fraction of sp³-hybridized carbons (Fsp3) is 0.350. The van der Waals surface area contributed by atoms with E-state index in [1.165, 1.54) is 18.2 Å². The summed E-state index contributed by atoms with van der Waals surface area (Å²) >= 11 is 0. The van der Waals surface area contributed by atoms with E-state index in [-0.39, 0.29) is 24.4 Å². The molecule has 0 unspecified atom stereocenters. The first-order valence-corrected chi connectivity index (χ1v) is 8.56. The highest BCUT2D eigenvalue weighted by Gasteiger charge is 2.40. The highest BCUT2D eigenvalue weighted by Crippen LogP contribution is 2.42. The Morgan fingerprint density at radius 1 is 1.04 bits per heavy atom. The minimum absolute atomic E-state index is 0.111. The topological polar surface area (TPSA) is 55.1 Å². The van der Waals surface area contributed by atoms with Gasteiger partial charge in [-0.1, -0.05) is 31.0 Å². The molecule has 3 N–H and O–H groups in total. The summed E-state index contributed by atoms with van der Waals surface area (Å²) in [5.41, 5.74) is 6.58. The molecule has 1 aliphatic rings. The molecule has 0 bridgehead atoms. The van der Waals surface area contributed by atoms with Crippen LogP contribution in [0.25, 0.3) is 0 Å². The smallest absolute Gasteiger partial charge is 0.224 e. The van der Waals surface area contributed by atoms with Crippen LogP contribution in [0.2, 0.25) is 0 Å². The summed E-state index contributed by atoms with van der Waals surface area (Å²) in [6, 6.07) is 11.0. The molecule has 0 radical (unpaired) electrons. The lowest BCUT2D eigenvalue weighted by Gasteiger charge is -2.30. The average Bonchev–Trinajstić information content (AvgIpc) is 3.05. The molecule has 2 aromatic carbocycles. The third kappa shape index (κ3) is 3.81. The van der Waals surface area contributed by atoms with E-state index in [0.717, 1.165) is 18.4 Å². The SMILES string of the molecule is Nc1ccc(CC(=O)NCC2(c3c(F)cccc3F)CCCC2)cc1. The summed E-state index contributed by atoms with van der Waals surface area (Å²) < 4.78 is 28.6. The van der Waals surface area contributed by atoms with Crippen LogP contribution in [-0.2, 0) is 16.6 Å². The minimum Gasteiger partial charge on any atom is -0.399 e. The molecule has 0 saturated heterocycles. The van der Waals surface area contributed by atoms with Crippen LogP contribution in [0.3, 0.4) is 0 Å². The highest BCUT2D eigenvalue weighted by atomic mass is 19.1. The first-order valence-electron chi connectivity index (χ1n) is 8.56. The summed E-state index contributed by atoms with van der Waals surface area (Å²) in [5.74, 6) is -1.22. The van der Waals surface area contributed by atoms with Crippen LogP contribution in [-0.4, -0.2) is 12.5 Å². The molecule has 1 aliphatic carbocycles. The van der Waals surface area contributed by atoms with E-state index in [1.807, 2.05) is 0 Å². The van der Waals surface area contributed by atoms with Crippen LogP contribution >= 0.6 is 0 Å². The number of benzene rings is 2. The van der Waals surface area contributed by atoms with Crippen LogP contribution < -0.4 is 11.1 Å². The summed E-state index contributed by atoms with van der Waals surface area (Å²) in [6.45, 7) is 0.249. The maximum absolute atomic E-state index is 14.3. The Labute approximate surface area is 146 Å². The zero-order valence-electron chi connectivity index (χ0n) is 14.0. The molecule has 1 fully saturated rings. The molecule has 3 rings (SSSR count). The first kappa shape index (κ1) is 17.4. The van der Waals surface area contributed by atoms with Crippen molar-refractivity contribution in [2.24, 2.45) is 0 Å². The number of halogens is 2. The van der Waals surface area contributed by atoms with Gasteiger partial charge in [0.25, 0.3) is 0 Å². The Kier molecular flexibility index (Phi) is 5.02. The van der Waals surface area contributed by atoms with Gasteiger partial charge in [-0.3, -0.25) is 4.79 Å². The molecule has 132 valence electrons. The zero-order valence-corrected chi connectivity index (χ0v) is 14.0. The highest BCUT2D eigenvalue weighted by molar-refractivity contribution is 5.78. The summed E-state index contributed by atoms with van der Waals surface area (Å²) in [4.78, 5) is 12.3. The Bertz CT molecular complexity index is 733. The second kappa shape index (κ2) is 7.21. The largest absolute Gasteiger partial charge is 0.399 e. The Balaban J connectivity index is 1.72. The van der Waals surface area contributed by atoms with Gasteiger partial charge in [0.05, 0.1) is 6.42 Å². The predicted molar refractivity (Wildman–Crippen MR) is 94.1 cm³/mol. The predicted octanol–water partition coefficient (Wildman–Crippen LogP) is 3.72. The molecular formula is C20H22F2N2O. The van der Waals surface area contributed by atoms with Crippen molar-refractivity contribution in [1.82, 2.24) is 5.32 Å². The maximum Gasteiger partial charge on any atom is 0.224 e. The summed E-state index contributed by atoms with van der Waals surface area (Å²) in [7, 11) is 0. The van der Waals surface area contributed by atoms with Crippen molar-refractivity contribution >= 4 is 11.6 Å². The number of carbonyl (C=O) groups is 1. The zero-order chi connectivity index (χ0) is 17.9. The fourth-order valence-electron chi connectivity index (χ4n) is 3.72. The van der Waals surface area contributed by atoms with Gasteiger partial charge in [0.15, 0.2) is 0 Å². The van der Waals surface area contributed by atoms with Crippen molar-refractivity contribution < 1.29 is 13.6 Å². The number of carbonyl (C=O) groups excluding carboxylic acids is 1. The Morgan fingerprint density at radius 2 is 1.64 bits per heavy atom. The lowest BCUT2D eigenvalue weighted by molar-refractivity contribution is -0.120. The molecule has 3 nitrogen and oxygen atoms in total. The van der Waals surface area contributed by atoms with E-state index in [2.05, 4.69) is 5.32 Å². The normalized spacial score (nSPS) is 15.9. The first-order chi connectivity index (χ1) is 12.0. The van der Waals surface area contributed by atoms with Crippen molar-refractivity contribution in [2.45, 2.75) is 37.5 Å². The Hall–Kier alpha value is -2.43. The molecule has 1 saturated carbocycles. The number of anilines is 1. The molecule has 0 spiro atoms. The van der Waals surface area contributed by atoms with Gasteiger partial charge in [-0.25, -0.2) is 8.78 Å². The van der Waals surface area contributed by atoms with Crippen molar-refractivity contribution in [3.05, 3.63) is 65.2 Å². The summed E-state index contributed by atoms with van der Waals surface area (Å²) in [6.07, 6.45) is 3.37. The van der Waals surface area contributed by atoms with Crippen LogP contribution in [0.15, 0.2) is 42.5 Å². The van der Waals surface area contributed by atoms with Gasteiger partial charge in [-0.05, 0) is 42.7 Å². The second-order valence-corrected chi connectivity index (χ2v) is 6.78. The quantitative estimate of drug-likeness (QED) is 0.812. The third-order valence-corrected chi connectivity index (χ3v) is 5.02. The average molecular weight is 344 g/mol. The van der Waals surface area contributed by atoms with Crippen molar-refractivity contribution in [3.8, 4) is 0 Å². The molecule has 0 aromatic heterocycles.